The van der Waals surface area contributed by atoms with Crippen molar-refractivity contribution in [3.63, 3.8) is 0 Å². The van der Waals surface area contributed by atoms with Crippen LogP contribution in [0.25, 0.3) is 6.08 Å². The summed E-state index contributed by atoms with van der Waals surface area (Å²) in [7, 11) is 0. The molecular formula is C18H15NO2. The van der Waals surface area contributed by atoms with Crippen LogP contribution in [0.15, 0.2) is 59.2 Å². The highest BCUT2D eigenvalue weighted by Gasteiger charge is 2.24. The van der Waals surface area contributed by atoms with Crippen molar-refractivity contribution in [2.45, 2.75) is 13.8 Å². The van der Waals surface area contributed by atoms with Crippen molar-refractivity contribution in [1.29, 1.82) is 0 Å². The molecule has 0 fully saturated rings. The lowest BCUT2D eigenvalue weighted by atomic mass is 10.1. The first-order chi connectivity index (χ1) is 10.1. The number of cyclic esters (lactones) is 1. The fourth-order valence-corrected chi connectivity index (χ4v) is 2.11. The zero-order valence-electron chi connectivity index (χ0n) is 12.0. The van der Waals surface area contributed by atoms with E-state index in [1.165, 1.54) is 5.56 Å². The fraction of sp³-hybridized carbons (Fsp3) is 0.111. The van der Waals surface area contributed by atoms with Crippen LogP contribution in [0.5, 0.6) is 0 Å². The van der Waals surface area contributed by atoms with Gasteiger partial charge in [0.2, 0.25) is 5.90 Å². The highest BCUT2D eigenvalue weighted by Crippen LogP contribution is 2.20. The third kappa shape index (κ3) is 2.77. The lowest BCUT2D eigenvalue weighted by Crippen LogP contribution is -2.05. The molecule has 0 spiro atoms. The Kier molecular flexibility index (Phi) is 3.40. The summed E-state index contributed by atoms with van der Waals surface area (Å²) in [6.45, 7) is 4.07. The second-order valence-electron chi connectivity index (χ2n) is 5.05. The number of nitrogens with zero attached hydrogens (tertiary/aromatic N) is 1. The molecule has 0 aromatic heterocycles. The molecule has 3 nitrogen and oxygen atoms in total. The van der Waals surface area contributed by atoms with Gasteiger partial charge < -0.3 is 4.74 Å². The van der Waals surface area contributed by atoms with Gasteiger partial charge in [0.1, 0.15) is 0 Å². The average Bonchev–Trinajstić information content (AvgIpc) is 2.84. The monoisotopic (exact) mass is 277 g/mol. The fourth-order valence-electron chi connectivity index (χ4n) is 2.11. The van der Waals surface area contributed by atoms with Crippen molar-refractivity contribution in [3.8, 4) is 0 Å². The molecule has 0 radical (unpaired) electrons. The highest BCUT2D eigenvalue weighted by atomic mass is 16.6. The van der Waals surface area contributed by atoms with E-state index >= 15 is 0 Å². The number of carbonyl (C=O) groups is 1. The average molecular weight is 277 g/mol. The third-order valence-electron chi connectivity index (χ3n) is 3.48. The molecule has 3 heteroatoms. The number of carbonyl (C=O) groups excluding carboxylic acids is 1. The number of rotatable bonds is 2. The van der Waals surface area contributed by atoms with Crippen molar-refractivity contribution in [2.24, 2.45) is 4.99 Å². The van der Waals surface area contributed by atoms with Gasteiger partial charge >= 0.3 is 5.97 Å². The summed E-state index contributed by atoms with van der Waals surface area (Å²) >= 11 is 0. The van der Waals surface area contributed by atoms with Crippen LogP contribution in [0.1, 0.15) is 22.3 Å². The Morgan fingerprint density at radius 2 is 1.76 bits per heavy atom. The number of aliphatic imine (C=N–C) groups is 1. The van der Waals surface area contributed by atoms with Crippen molar-refractivity contribution >= 4 is 17.9 Å². The molecule has 2 aromatic carbocycles. The van der Waals surface area contributed by atoms with Crippen LogP contribution < -0.4 is 0 Å². The minimum atomic E-state index is -0.410. The molecule has 0 N–H and O–H groups in total. The molecule has 0 saturated heterocycles. The molecule has 0 amide bonds. The van der Waals surface area contributed by atoms with Crippen LogP contribution in [-0.4, -0.2) is 11.9 Å². The van der Waals surface area contributed by atoms with Gasteiger partial charge in [-0.1, -0.05) is 36.4 Å². The Balaban J connectivity index is 1.95. The number of hydrogen-bond donors (Lipinski definition) is 0. The molecule has 1 aliphatic heterocycles. The molecule has 104 valence electrons. The SMILES string of the molecule is Cc1ccc(C2=N/C(=C\c3ccccc3)C(=O)O2)cc1C. The summed E-state index contributed by atoms with van der Waals surface area (Å²) in [5.74, 6) is -0.0441. The van der Waals surface area contributed by atoms with Crippen molar-refractivity contribution in [2.75, 3.05) is 0 Å². The van der Waals surface area contributed by atoms with Gasteiger partial charge in [0.25, 0.3) is 0 Å². The highest BCUT2D eigenvalue weighted by molar-refractivity contribution is 6.12. The van der Waals surface area contributed by atoms with Gasteiger partial charge in [0.05, 0.1) is 0 Å². The predicted molar refractivity (Wildman–Crippen MR) is 83.0 cm³/mol. The van der Waals surface area contributed by atoms with E-state index in [1.54, 1.807) is 6.08 Å². The molecule has 1 heterocycles. The molecule has 0 bridgehead atoms. The Hall–Kier alpha value is -2.68. The topological polar surface area (TPSA) is 38.7 Å². The number of hydrogen-bond acceptors (Lipinski definition) is 3. The van der Waals surface area contributed by atoms with Crippen LogP contribution in [0.4, 0.5) is 0 Å². The lowest BCUT2D eigenvalue weighted by Gasteiger charge is -2.03. The molecule has 0 aliphatic carbocycles. The molecule has 2 aromatic rings. The minimum absolute atomic E-state index is 0.328. The number of aryl methyl sites for hydroxylation is 2. The Morgan fingerprint density at radius 3 is 2.48 bits per heavy atom. The standard InChI is InChI=1S/C18H15NO2/c1-12-8-9-15(10-13(12)2)17-19-16(18(20)21-17)11-14-6-4-3-5-7-14/h3-11H,1-2H3/b16-11-. The quantitative estimate of drug-likeness (QED) is 0.621. The maximum absolute atomic E-state index is 11.9. The summed E-state index contributed by atoms with van der Waals surface area (Å²) < 4.78 is 5.27. The molecule has 21 heavy (non-hydrogen) atoms. The van der Waals surface area contributed by atoms with Crippen LogP contribution in [0, 0.1) is 13.8 Å². The van der Waals surface area contributed by atoms with Crippen LogP contribution in [-0.2, 0) is 9.53 Å². The van der Waals surface area contributed by atoms with Crippen molar-refractivity contribution < 1.29 is 9.53 Å². The Bertz CT molecular complexity index is 758. The van der Waals surface area contributed by atoms with E-state index in [9.17, 15) is 4.79 Å². The minimum Gasteiger partial charge on any atom is -0.402 e. The van der Waals surface area contributed by atoms with Gasteiger partial charge in [-0.2, -0.15) is 0 Å². The number of benzene rings is 2. The first kappa shape index (κ1) is 13.3. The number of ether oxygens (including phenoxy) is 1. The van der Waals surface area contributed by atoms with Gasteiger partial charge in [0.15, 0.2) is 5.70 Å². The molecule has 0 atom stereocenters. The van der Waals surface area contributed by atoms with Crippen LogP contribution >= 0.6 is 0 Å². The largest absolute Gasteiger partial charge is 0.402 e. The number of esters is 1. The van der Waals surface area contributed by atoms with Crippen molar-refractivity contribution in [3.05, 3.63) is 76.5 Å². The van der Waals surface area contributed by atoms with E-state index in [4.69, 9.17) is 4.74 Å². The molecule has 3 rings (SSSR count). The maximum atomic E-state index is 11.9. The van der Waals surface area contributed by atoms with Crippen molar-refractivity contribution in [1.82, 2.24) is 0 Å². The van der Waals surface area contributed by atoms with Gasteiger partial charge in [0, 0.05) is 5.56 Å². The zero-order valence-corrected chi connectivity index (χ0v) is 12.0. The van der Waals surface area contributed by atoms with Crippen LogP contribution in [0.3, 0.4) is 0 Å². The van der Waals surface area contributed by atoms with Gasteiger partial charge in [-0.25, -0.2) is 9.79 Å². The summed E-state index contributed by atoms with van der Waals surface area (Å²) in [4.78, 5) is 16.2. The van der Waals surface area contributed by atoms with E-state index in [0.717, 1.165) is 16.7 Å². The third-order valence-corrected chi connectivity index (χ3v) is 3.48. The first-order valence-electron chi connectivity index (χ1n) is 6.79. The second kappa shape index (κ2) is 5.37. The normalized spacial score (nSPS) is 16.0. The maximum Gasteiger partial charge on any atom is 0.363 e. The van der Waals surface area contributed by atoms with E-state index in [0.29, 0.717) is 11.6 Å². The lowest BCUT2D eigenvalue weighted by molar-refractivity contribution is -0.129. The summed E-state index contributed by atoms with van der Waals surface area (Å²) in [6.07, 6.45) is 1.73. The zero-order chi connectivity index (χ0) is 14.8. The molecule has 1 aliphatic rings. The summed E-state index contributed by atoms with van der Waals surface area (Å²) in [6, 6.07) is 15.5. The molecular weight excluding hydrogens is 262 g/mol. The molecule has 0 saturated carbocycles. The Morgan fingerprint density at radius 1 is 1.00 bits per heavy atom. The van der Waals surface area contributed by atoms with E-state index in [2.05, 4.69) is 4.99 Å². The summed E-state index contributed by atoms with van der Waals surface area (Å²) in [5, 5.41) is 0. The van der Waals surface area contributed by atoms with E-state index < -0.39 is 5.97 Å². The van der Waals surface area contributed by atoms with Crippen LogP contribution in [0.2, 0.25) is 0 Å². The smallest absolute Gasteiger partial charge is 0.363 e. The van der Waals surface area contributed by atoms with E-state index in [1.807, 2.05) is 62.4 Å². The second-order valence-corrected chi connectivity index (χ2v) is 5.05. The molecule has 0 unspecified atom stereocenters. The van der Waals surface area contributed by atoms with Gasteiger partial charge in [-0.15, -0.1) is 0 Å². The summed E-state index contributed by atoms with van der Waals surface area (Å²) in [5.41, 5.74) is 4.42. The predicted octanol–water partition coefficient (Wildman–Crippen LogP) is 3.65. The van der Waals surface area contributed by atoms with Gasteiger partial charge in [-0.3, -0.25) is 0 Å². The first-order valence-corrected chi connectivity index (χ1v) is 6.79. The van der Waals surface area contributed by atoms with E-state index in [-0.39, 0.29) is 0 Å². The Labute approximate surface area is 123 Å². The van der Waals surface area contributed by atoms with Gasteiger partial charge in [-0.05, 0) is 48.7 Å².